The Morgan fingerprint density at radius 3 is 2.76 bits per heavy atom. The third kappa shape index (κ3) is 3.34. The highest BCUT2D eigenvalue weighted by atomic mass is 35.5. The summed E-state index contributed by atoms with van der Waals surface area (Å²) >= 11 is 5.60. The summed E-state index contributed by atoms with van der Waals surface area (Å²) < 4.78 is 30.0. The van der Waals surface area contributed by atoms with Crippen molar-refractivity contribution in [1.29, 1.82) is 0 Å². The van der Waals surface area contributed by atoms with Gasteiger partial charge in [0.1, 0.15) is 10.8 Å². The van der Waals surface area contributed by atoms with Gasteiger partial charge in [0.25, 0.3) is 6.43 Å². The highest BCUT2D eigenvalue weighted by molar-refractivity contribution is 6.29. The zero-order valence-electron chi connectivity index (χ0n) is 9.04. The van der Waals surface area contributed by atoms with Crippen molar-refractivity contribution in [2.75, 3.05) is 7.11 Å². The van der Waals surface area contributed by atoms with Gasteiger partial charge in [-0.2, -0.15) is 0 Å². The summed E-state index contributed by atoms with van der Waals surface area (Å²) in [5, 5.41) is -0.0747. The number of carbonyl (C=O) groups excluding carboxylic acids is 1. The summed E-state index contributed by atoms with van der Waals surface area (Å²) in [6, 6.07) is 1.37. The highest BCUT2D eigenvalue weighted by Gasteiger charge is 2.21. The fraction of sp³-hybridized carbons (Fsp3) is 0.400. The van der Waals surface area contributed by atoms with Crippen LogP contribution in [0.5, 0.6) is 0 Å². The van der Waals surface area contributed by atoms with Gasteiger partial charge in [-0.15, -0.1) is 0 Å². The van der Waals surface area contributed by atoms with E-state index in [0.29, 0.717) is 5.56 Å². The molecule has 0 atom stereocenters. The number of nitrogens with zero attached hydrogens (tertiary/aromatic N) is 1. The molecule has 0 saturated carbocycles. The van der Waals surface area contributed by atoms with E-state index < -0.39 is 18.1 Å². The van der Waals surface area contributed by atoms with E-state index >= 15 is 0 Å². The van der Waals surface area contributed by atoms with Crippen LogP contribution < -0.4 is 5.73 Å². The molecule has 7 heteroatoms. The lowest BCUT2D eigenvalue weighted by atomic mass is 10.0. The van der Waals surface area contributed by atoms with Crippen LogP contribution in [0, 0.1) is 0 Å². The fourth-order valence-corrected chi connectivity index (χ4v) is 1.62. The van der Waals surface area contributed by atoms with E-state index in [1.54, 1.807) is 0 Å². The van der Waals surface area contributed by atoms with Crippen LogP contribution in [-0.4, -0.2) is 18.1 Å². The molecule has 0 unspecified atom stereocenters. The Kier molecular flexibility index (Phi) is 4.77. The zero-order chi connectivity index (χ0) is 13.0. The maximum atomic E-state index is 12.8. The molecule has 0 amide bonds. The lowest BCUT2D eigenvalue weighted by Crippen LogP contribution is -2.13. The van der Waals surface area contributed by atoms with Gasteiger partial charge in [-0.1, -0.05) is 11.6 Å². The Morgan fingerprint density at radius 2 is 2.29 bits per heavy atom. The van der Waals surface area contributed by atoms with E-state index in [1.807, 2.05) is 0 Å². The average Bonchev–Trinajstić information content (AvgIpc) is 2.30. The summed E-state index contributed by atoms with van der Waals surface area (Å²) in [7, 11) is 1.18. The Bertz CT molecular complexity index is 427. The van der Waals surface area contributed by atoms with Gasteiger partial charge >= 0.3 is 5.97 Å². The minimum atomic E-state index is -2.82. The number of hydrogen-bond acceptors (Lipinski definition) is 4. The first-order chi connectivity index (χ1) is 7.99. The number of esters is 1. The molecule has 2 N–H and O–H groups in total. The number of ether oxygens (including phenoxy) is 1. The van der Waals surface area contributed by atoms with Crippen LogP contribution in [0.25, 0.3) is 0 Å². The molecule has 0 radical (unpaired) electrons. The molecule has 4 nitrogen and oxygen atoms in total. The summed E-state index contributed by atoms with van der Waals surface area (Å²) in [6.07, 6.45) is -3.12. The molecule has 0 spiro atoms. The molecule has 0 aliphatic carbocycles. The van der Waals surface area contributed by atoms with Gasteiger partial charge in [0.2, 0.25) is 0 Å². The number of methoxy groups -OCH3 is 1. The Morgan fingerprint density at radius 1 is 1.65 bits per heavy atom. The normalized spacial score (nSPS) is 10.7. The molecule has 0 bridgehead atoms. The SMILES string of the molecule is COC(=O)Cc1c(CN)cc(Cl)nc1C(F)F. The maximum Gasteiger partial charge on any atom is 0.310 e. The molecule has 0 aromatic carbocycles. The Labute approximate surface area is 102 Å². The van der Waals surface area contributed by atoms with Gasteiger partial charge < -0.3 is 10.5 Å². The van der Waals surface area contributed by atoms with Crippen molar-refractivity contribution in [3.63, 3.8) is 0 Å². The molecule has 1 heterocycles. The van der Waals surface area contributed by atoms with Crippen LogP contribution >= 0.6 is 11.6 Å². The second-order valence-corrected chi connectivity index (χ2v) is 3.61. The first-order valence-corrected chi connectivity index (χ1v) is 5.10. The molecule has 1 aromatic heterocycles. The largest absolute Gasteiger partial charge is 0.469 e. The number of pyridine rings is 1. The van der Waals surface area contributed by atoms with Crippen LogP contribution in [0.1, 0.15) is 23.2 Å². The van der Waals surface area contributed by atoms with Crippen LogP contribution in [0.4, 0.5) is 8.78 Å². The van der Waals surface area contributed by atoms with Crippen molar-refractivity contribution in [2.24, 2.45) is 5.73 Å². The lowest BCUT2D eigenvalue weighted by molar-refractivity contribution is -0.139. The topological polar surface area (TPSA) is 65.2 Å². The van der Waals surface area contributed by atoms with Gasteiger partial charge in [-0.05, 0) is 17.2 Å². The Hall–Kier alpha value is -1.27. The summed E-state index contributed by atoms with van der Waals surface area (Å²) in [5.41, 5.74) is 5.35. The molecule has 1 rings (SSSR count). The maximum absolute atomic E-state index is 12.8. The molecule has 0 aliphatic heterocycles. The second-order valence-electron chi connectivity index (χ2n) is 3.23. The predicted octanol–water partition coefficient (Wildman–Crippen LogP) is 1.85. The third-order valence-electron chi connectivity index (χ3n) is 2.19. The molecule has 1 aromatic rings. The van der Waals surface area contributed by atoms with E-state index in [9.17, 15) is 13.6 Å². The van der Waals surface area contributed by atoms with Crippen molar-refractivity contribution in [3.05, 3.63) is 28.0 Å². The smallest absolute Gasteiger partial charge is 0.310 e. The first kappa shape index (κ1) is 13.8. The van der Waals surface area contributed by atoms with Crippen LogP contribution in [-0.2, 0) is 22.5 Å². The van der Waals surface area contributed by atoms with Gasteiger partial charge in [0.15, 0.2) is 0 Å². The number of rotatable bonds is 4. The second kappa shape index (κ2) is 5.88. The molecule has 17 heavy (non-hydrogen) atoms. The molecular formula is C10H11ClF2N2O2. The summed E-state index contributed by atoms with van der Waals surface area (Å²) in [6.45, 7) is -0.00567. The van der Waals surface area contributed by atoms with Crippen molar-refractivity contribution < 1.29 is 18.3 Å². The van der Waals surface area contributed by atoms with Crippen LogP contribution in [0.3, 0.4) is 0 Å². The third-order valence-corrected chi connectivity index (χ3v) is 2.39. The molecule has 94 valence electrons. The van der Waals surface area contributed by atoms with Gasteiger partial charge in [-0.25, -0.2) is 13.8 Å². The monoisotopic (exact) mass is 264 g/mol. The van der Waals surface area contributed by atoms with Crippen molar-refractivity contribution in [1.82, 2.24) is 4.98 Å². The van der Waals surface area contributed by atoms with E-state index in [2.05, 4.69) is 9.72 Å². The highest BCUT2D eigenvalue weighted by Crippen LogP contribution is 2.26. The number of halogens is 3. The standard InChI is InChI=1S/C10H11ClF2N2O2/c1-17-8(16)3-6-5(4-14)2-7(11)15-9(6)10(12)13/h2,10H,3-4,14H2,1H3. The van der Waals surface area contributed by atoms with Crippen molar-refractivity contribution in [2.45, 2.75) is 19.4 Å². The number of carbonyl (C=O) groups is 1. The van der Waals surface area contributed by atoms with E-state index in [1.165, 1.54) is 13.2 Å². The van der Waals surface area contributed by atoms with E-state index in [-0.39, 0.29) is 23.7 Å². The van der Waals surface area contributed by atoms with Crippen LogP contribution in [0.2, 0.25) is 5.15 Å². The van der Waals surface area contributed by atoms with Crippen molar-refractivity contribution in [3.8, 4) is 0 Å². The Balaban J connectivity index is 3.26. The minimum absolute atomic E-state index is 0.00567. The lowest BCUT2D eigenvalue weighted by Gasteiger charge is -2.12. The van der Waals surface area contributed by atoms with Gasteiger partial charge in [-0.3, -0.25) is 4.79 Å². The molecule has 0 saturated heterocycles. The molecule has 0 fully saturated rings. The van der Waals surface area contributed by atoms with E-state index in [4.69, 9.17) is 17.3 Å². The number of aromatic nitrogens is 1. The quantitative estimate of drug-likeness (QED) is 0.666. The number of nitrogens with two attached hydrogens (primary N) is 1. The number of alkyl halides is 2. The molecular weight excluding hydrogens is 254 g/mol. The van der Waals surface area contributed by atoms with Crippen molar-refractivity contribution >= 4 is 17.6 Å². The number of hydrogen-bond donors (Lipinski definition) is 1. The van der Waals surface area contributed by atoms with Gasteiger partial charge in [0.05, 0.1) is 13.5 Å². The van der Waals surface area contributed by atoms with E-state index in [0.717, 1.165) is 0 Å². The average molecular weight is 265 g/mol. The predicted molar refractivity (Wildman–Crippen MR) is 57.8 cm³/mol. The zero-order valence-corrected chi connectivity index (χ0v) is 9.80. The first-order valence-electron chi connectivity index (χ1n) is 4.72. The molecule has 0 aliphatic rings. The fourth-order valence-electron chi connectivity index (χ4n) is 1.39. The van der Waals surface area contributed by atoms with Crippen LogP contribution in [0.15, 0.2) is 6.07 Å². The minimum Gasteiger partial charge on any atom is -0.469 e. The summed E-state index contributed by atoms with van der Waals surface area (Å²) in [4.78, 5) is 14.7. The van der Waals surface area contributed by atoms with Gasteiger partial charge in [0, 0.05) is 6.54 Å². The summed E-state index contributed by atoms with van der Waals surface area (Å²) in [5.74, 6) is -0.634.